The zero-order valence-electron chi connectivity index (χ0n) is 59.4. The zero-order valence-corrected chi connectivity index (χ0v) is 59.4. The van der Waals surface area contributed by atoms with Crippen LogP contribution in [0, 0.1) is 5.92 Å². The van der Waals surface area contributed by atoms with Crippen molar-refractivity contribution in [1.82, 2.24) is 0 Å². The molecule has 0 aromatic rings. The van der Waals surface area contributed by atoms with Gasteiger partial charge in [0.1, 0.15) is 0 Å². The van der Waals surface area contributed by atoms with Crippen molar-refractivity contribution in [1.29, 1.82) is 0 Å². The largest absolute Gasteiger partial charge is 0.0654 e. The zero-order chi connectivity index (χ0) is 59.4. The highest BCUT2D eigenvalue weighted by Gasteiger charge is 2.02. The van der Waals surface area contributed by atoms with Crippen LogP contribution in [0.4, 0.5) is 0 Å². The highest BCUT2D eigenvalue weighted by molar-refractivity contribution is 4.58. The molecule has 0 fully saturated rings. The maximum atomic E-state index is 2.36. The standard InChI is InChI=1S/C83H168/c1-4-5-6-7-8-9-10-11-12-13-14-15-16-17-18-19-20-21-22-23-24-25-26-27-28-29-30-31-32-33-34-35-36-37-38-39-40-41-42-43-44-45-46-47-48-49-50-51-52-53-54-55-56-57-58-59-60-61-62-63-64-65-66-67-68-69-70-71-72-73-74-75-76-77-78-79-80-81-82-83(2)3/h83H,4-82H2,1-3H3. The third-order valence-corrected chi connectivity index (χ3v) is 20.1. The van der Waals surface area contributed by atoms with Crippen molar-refractivity contribution in [3.05, 3.63) is 0 Å². The molecule has 0 bridgehead atoms. The quantitative estimate of drug-likeness (QED) is 0.0533. The van der Waals surface area contributed by atoms with E-state index in [4.69, 9.17) is 0 Å². The smallest absolute Gasteiger partial charge is 0.0471 e. The molecule has 0 saturated carbocycles. The summed E-state index contributed by atoms with van der Waals surface area (Å²) in [5.41, 5.74) is 0. The van der Waals surface area contributed by atoms with Gasteiger partial charge < -0.3 is 0 Å². The van der Waals surface area contributed by atoms with Gasteiger partial charge in [0.15, 0.2) is 0 Å². The molecule has 0 aliphatic carbocycles. The molecule has 0 rings (SSSR count). The Balaban J connectivity index is 3.08. The first-order chi connectivity index (χ1) is 41.3. The fourth-order valence-corrected chi connectivity index (χ4v) is 14.1. The number of hydrogen-bond donors (Lipinski definition) is 0. The van der Waals surface area contributed by atoms with Crippen LogP contribution >= 0.6 is 0 Å². The van der Waals surface area contributed by atoms with Crippen LogP contribution in [-0.4, -0.2) is 0 Å². The van der Waals surface area contributed by atoms with Crippen molar-refractivity contribution in [2.24, 2.45) is 5.92 Å². The lowest BCUT2D eigenvalue weighted by molar-refractivity contribution is 0.500. The summed E-state index contributed by atoms with van der Waals surface area (Å²) < 4.78 is 0. The lowest BCUT2D eigenvalue weighted by Gasteiger charge is -2.05. The van der Waals surface area contributed by atoms with E-state index in [-0.39, 0.29) is 0 Å². The number of rotatable bonds is 79. The van der Waals surface area contributed by atoms with E-state index in [9.17, 15) is 0 Å². The molecule has 500 valence electrons. The summed E-state index contributed by atoms with van der Waals surface area (Å²) in [6, 6.07) is 0. The van der Waals surface area contributed by atoms with E-state index in [1.807, 2.05) is 0 Å². The van der Waals surface area contributed by atoms with Crippen LogP contribution in [-0.2, 0) is 0 Å². The lowest BCUT2D eigenvalue weighted by Crippen LogP contribution is -1.87. The first kappa shape index (κ1) is 83.0. The maximum absolute atomic E-state index is 2.36. The van der Waals surface area contributed by atoms with Gasteiger partial charge in [-0.05, 0) is 5.92 Å². The van der Waals surface area contributed by atoms with E-state index >= 15 is 0 Å². The molecule has 0 N–H and O–H groups in total. The normalized spacial score (nSPS) is 11.9. The third kappa shape index (κ3) is 82.0. The minimum atomic E-state index is 0.894. The average molecular weight is 1170 g/mol. The lowest BCUT2D eigenvalue weighted by atomic mass is 10.0. The van der Waals surface area contributed by atoms with Crippen LogP contribution in [0.2, 0.25) is 0 Å². The van der Waals surface area contributed by atoms with Crippen LogP contribution < -0.4 is 0 Å². The van der Waals surface area contributed by atoms with Gasteiger partial charge in [0.2, 0.25) is 0 Å². The molecule has 0 aromatic heterocycles. The Kier molecular flexibility index (Phi) is 80.0. The van der Waals surface area contributed by atoms with Crippen LogP contribution in [0.15, 0.2) is 0 Å². The summed E-state index contributed by atoms with van der Waals surface area (Å²) >= 11 is 0. The Morgan fingerprint density at radius 2 is 0.181 bits per heavy atom. The molecule has 0 aliphatic heterocycles. The van der Waals surface area contributed by atoms with Crippen LogP contribution in [0.5, 0.6) is 0 Å². The first-order valence-corrected chi connectivity index (χ1v) is 41.3. The first-order valence-electron chi connectivity index (χ1n) is 41.3. The number of unbranched alkanes of at least 4 members (excludes halogenated alkanes) is 77. The van der Waals surface area contributed by atoms with Gasteiger partial charge >= 0.3 is 0 Å². The van der Waals surface area contributed by atoms with Crippen molar-refractivity contribution < 1.29 is 0 Å². The van der Waals surface area contributed by atoms with Crippen molar-refractivity contribution in [3.8, 4) is 0 Å². The van der Waals surface area contributed by atoms with E-state index in [1.54, 1.807) is 0 Å². The SMILES string of the molecule is CCCCCCCCCCCCCCCCCCCCCCCCCCCCCCCCCCCCCCCCCCCCCCCCCCCCCCCCCCCCCCCCCCCCCCCCCCCCCCCCC(C)C. The third-order valence-electron chi connectivity index (χ3n) is 20.1. The topological polar surface area (TPSA) is 0 Å². The van der Waals surface area contributed by atoms with Crippen LogP contribution in [0.25, 0.3) is 0 Å². The van der Waals surface area contributed by atoms with Crippen molar-refractivity contribution >= 4 is 0 Å². The molecule has 0 radical (unpaired) electrons. The minimum absolute atomic E-state index is 0.894. The van der Waals surface area contributed by atoms with Gasteiger partial charge in [-0.2, -0.15) is 0 Å². The van der Waals surface area contributed by atoms with Gasteiger partial charge in [-0.25, -0.2) is 0 Å². The van der Waals surface area contributed by atoms with Crippen molar-refractivity contribution in [2.75, 3.05) is 0 Å². The maximum Gasteiger partial charge on any atom is -0.0471 e. The molecule has 0 heteroatoms. The van der Waals surface area contributed by atoms with Crippen molar-refractivity contribution in [3.63, 3.8) is 0 Å². The number of hydrogen-bond acceptors (Lipinski definition) is 0. The average Bonchev–Trinajstić information content (AvgIpc) is 3.48. The second-order valence-electron chi connectivity index (χ2n) is 29.4. The predicted octanol–water partition coefficient (Wildman–Crippen LogP) is 32.5. The highest BCUT2D eigenvalue weighted by atomic mass is 14.1. The van der Waals surface area contributed by atoms with Gasteiger partial charge in [0.25, 0.3) is 0 Å². The second kappa shape index (κ2) is 80.0. The molecule has 0 heterocycles. The fourth-order valence-electron chi connectivity index (χ4n) is 14.1. The second-order valence-corrected chi connectivity index (χ2v) is 29.4. The molecule has 0 spiro atoms. The summed E-state index contributed by atoms with van der Waals surface area (Å²) in [6.45, 7) is 7.03. The Bertz CT molecular complexity index is 1040. The molecular weight excluding hydrogens is 997 g/mol. The minimum Gasteiger partial charge on any atom is -0.0654 e. The van der Waals surface area contributed by atoms with E-state index in [1.165, 1.54) is 507 Å². The monoisotopic (exact) mass is 1170 g/mol. The molecule has 0 unspecified atom stereocenters. The van der Waals surface area contributed by atoms with Gasteiger partial charge in [0, 0.05) is 0 Å². The molecule has 0 atom stereocenters. The van der Waals surface area contributed by atoms with Gasteiger partial charge in [-0.3, -0.25) is 0 Å². The molecular formula is C83H168. The molecule has 0 amide bonds. The Labute approximate surface area is 531 Å². The Hall–Kier alpha value is 0. The summed E-state index contributed by atoms with van der Waals surface area (Å²) in [6.07, 6.45) is 118. The van der Waals surface area contributed by atoms with Gasteiger partial charge in [-0.15, -0.1) is 0 Å². The van der Waals surface area contributed by atoms with E-state index in [0.29, 0.717) is 0 Å². The summed E-state index contributed by atoms with van der Waals surface area (Å²) in [7, 11) is 0. The van der Waals surface area contributed by atoms with E-state index < -0.39 is 0 Å². The van der Waals surface area contributed by atoms with Crippen molar-refractivity contribution in [2.45, 2.75) is 528 Å². The molecule has 0 saturated heterocycles. The Morgan fingerprint density at radius 1 is 0.108 bits per heavy atom. The molecule has 0 aliphatic rings. The van der Waals surface area contributed by atoms with Crippen LogP contribution in [0.1, 0.15) is 528 Å². The summed E-state index contributed by atoms with van der Waals surface area (Å²) in [4.78, 5) is 0. The predicted molar refractivity (Wildman–Crippen MR) is 385 cm³/mol. The summed E-state index contributed by atoms with van der Waals surface area (Å²) in [5.74, 6) is 0.894. The molecule has 0 nitrogen and oxygen atoms in total. The van der Waals surface area contributed by atoms with Crippen LogP contribution in [0.3, 0.4) is 0 Å². The fraction of sp³-hybridized carbons (Fsp3) is 1.00. The van der Waals surface area contributed by atoms with E-state index in [2.05, 4.69) is 20.8 Å². The van der Waals surface area contributed by atoms with Gasteiger partial charge in [-0.1, -0.05) is 528 Å². The van der Waals surface area contributed by atoms with E-state index in [0.717, 1.165) is 5.92 Å². The summed E-state index contributed by atoms with van der Waals surface area (Å²) in [5, 5.41) is 0. The Morgan fingerprint density at radius 3 is 0.253 bits per heavy atom. The highest BCUT2D eigenvalue weighted by Crippen LogP contribution is 2.22. The molecule has 83 heavy (non-hydrogen) atoms. The molecule has 0 aromatic carbocycles. The van der Waals surface area contributed by atoms with Gasteiger partial charge in [0.05, 0.1) is 0 Å².